The molecule has 28 heavy (non-hydrogen) atoms. The SMILES string of the molecule is C[C@H](NCC(F)(F)F)[C@H](Oc1ccc(C(=O)O)cc1)c1ccc(C2CC2)cc1. The van der Waals surface area contributed by atoms with Crippen LogP contribution in [0.4, 0.5) is 13.2 Å². The maximum atomic E-state index is 12.6. The van der Waals surface area contributed by atoms with Crippen molar-refractivity contribution >= 4 is 5.97 Å². The van der Waals surface area contributed by atoms with Crippen LogP contribution in [0.1, 0.15) is 53.3 Å². The summed E-state index contributed by atoms with van der Waals surface area (Å²) < 4.78 is 43.8. The van der Waals surface area contributed by atoms with Crippen LogP contribution in [0.3, 0.4) is 0 Å². The Morgan fingerprint density at radius 3 is 2.25 bits per heavy atom. The molecular weight excluding hydrogens is 371 g/mol. The Morgan fingerprint density at radius 1 is 1.14 bits per heavy atom. The predicted octanol–water partition coefficient (Wildman–Crippen LogP) is 4.92. The average molecular weight is 393 g/mol. The predicted molar refractivity (Wildman–Crippen MR) is 98.7 cm³/mol. The van der Waals surface area contributed by atoms with Gasteiger partial charge < -0.3 is 15.2 Å². The highest BCUT2D eigenvalue weighted by Crippen LogP contribution is 2.40. The van der Waals surface area contributed by atoms with Crippen molar-refractivity contribution in [3.8, 4) is 5.75 Å². The van der Waals surface area contributed by atoms with Crippen molar-refractivity contribution in [2.75, 3.05) is 6.54 Å². The molecule has 0 bridgehead atoms. The highest BCUT2D eigenvalue weighted by molar-refractivity contribution is 5.87. The van der Waals surface area contributed by atoms with Crippen molar-refractivity contribution in [1.82, 2.24) is 5.32 Å². The number of carboxylic acids is 1. The summed E-state index contributed by atoms with van der Waals surface area (Å²) in [6.45, 7) is 0.517. The molecule has 4 nitrogen and oxygen atoms in total. The van der Waals surface area contributed by atoms with Crippen molar-refractivity contribution in [3.05, 3.63) is 65.2 Å². The summed E-state index contributed by atoms with van der Waals surface area (Å²) in [7, 11) is 0. The number of aromatic carboxylic acids is 1. The van der Waals surface area contributed by atoms with E-state index < -0.39 is 30.8 Å². The first kappa shape index (κ1) is 20.2. The first-order valence-electron chi connectivity index (χ1n) is 9.13. The van der Waals surface area contributed by atoms with Crippen molar-refractivity contribution in [1.29, 1.82) is 0 Å². The number of hydrogen-bond acceptors (Lipinski definition) is 3. The van der Waals surface area contributed by atoms with Gasteiger partial charge in [0, 0.05) is 6.04 Å². The average Bonchev–Trinajstić information content (AvgIpc) is 3.49. The van der Waals surface area contributed by atoms with E-state index in [0.29, 0.717) is 11.7 Å². The van der Waals surface area contributed by atoms with Gasteiger partial charge in [0.2, 0.25) is 0 Å². The lowest BCUT2D eigenvalue weighted by molar-refractivity contribution is -0.127. The van der Waals surface area contributed by atoms with E-state index in [4.69, 9.17) is 9.84 Å². The van der Waals surface area contributed by atoms with E-state index in [1.807, 2.05) is 24.3 Å². The van der Waals surface area contributed by atoms with Gasteiger partial charge in [0.05, 0.1) is 12.1 Å². The molecule has 3 rings (SSSR count). The molecule has 2 N–H and O–H groups in total. The van der Waals surface area contributed by atoms with Crippen LogP contribution in [0.2, 0.25) is 0 Å². The highest BCUT2D eigenvalue weighted by Gasteiger charge is 2.30. The van der Waals surface area contributed by atoms with E-state index in [0.717, 1.165) is 5.56 Å². The van der Waals surface area contributed by atoms with Crippen LogP contribution in [0.15, 0.2) is 48.5 Å². The topological polar surface area (TPSA) is 58.6 Å². The van der Waals surface area contributed by atoms with Gasteiger partial charge in [0.25, 0.3) is 0 Å². The van der Waals surface area contributed by atoms with Crippen LogP contribution < -0.4 is 10.1 Å². The lowest BCUT2D eigenvalue weighted by atomic mass is 10.00. The molecule has 0 heterocycles. The number of alkyl halides is 3. The van der Waals surface area contributed by atoms with Crippen LogP contribution in [0.25, 0.3) is 0 Å². The van der Waals surface area contributed by atoms with Crippen LogP contribution in [0.5, 0.6) is 5.75 Å². The molecule has 0 amide bonds. The number of carbonyl (C=O) groups is 1. The summed E-state index contributed by atoms with van der Waals surface area (Å²) in [5.74, 6) is -0.0846. The molecule has 1 aliphatic carbocycles. The van der Waals surface area contributed by atoms with Gasteiger partial charge >= 0.3 is 12.1 Å². The second kappa shape index (κ2) is 8.22. The number of hydrogen-bond donors (Lipinski definition) is 2. The standard InChI is InChI=1S/C21H22F3NO3/c1-13(25-12-21(22,23)24)19(16-6-4-15(5-7-16)14-2-3-14)28-18-10-8-17(9-11-18)20(26)27/h4-11,13-14,19,25H,2-3,12H2,1H3,(H,26,27)/t13-,19-/m0/s1. The molecule has 150 valence electrons. The molecule has 2 aromatic carbocycles. The van der Waals surface area contributed by atoms with Crippen molar-refractivity contribution in [2.24, 2.45) is 0 Å². The lowest BCUT2D eigenvalue weighted by Gasteiger charge is -2.27. The van der Waals surface area contributed by atoms with E-state index in [1.54, 1.807) is 6.92 Å². The Labute approximate surface area is 161 Å². The molecule has 0 radical (unpaired) electrons. The zero-order chi connectivity index (χ0) is 20.3. The van der Waals surface area contributed by atoms with Gasteiger partial charge in [-0.05, 0) is 61.1 Å². The number of nitrogens with one attached hydrogen (secondary N) is 1. The molecule has 0 unspecified atom stereocenters. The van der Waals surface area contributed by atoms with E-state index >= 15 is 0 Å². The van der Waals surface area contributed by atoms with Crippen LogP contribution >= 0.6 is 0 Å². The van der Waals surface area contributed by atoms with Gasteiger partial charge in [0.15, 0.2) is 0 Å². The maximum absolute atomic E-state index is 12.6. The number of benzene rings is 2. The molecule has 0 aromatic heterocycles. The quantitative estimate of drug-likeness (QED) is 0.668. The summed E-state index contributed by atoms with van der Waals surface area (Å²) >= 11 is 0. The van der Waals surface area contributed by atoms with Gasteiger partial charge in [-0.15, -0.1) is 0 Å². The van der Waals surface area contributed by atoms with Gasteiger partial charge in [-0.25, -0.2) is 4.79 Å². The van der Waals surface area contributed by atoms with Gasteiger partial charge in [-0.1, -0.05) is 24.3 Å². The number of halogens is 3. The molecule has 1 aliphatic rings. The van der Waals surface area contributed by atoms with Gasteiger partial charge in [0.1, 0.15) is 11.9 Å². The van der Waals surface area contributed by atoms with E-state index in [2.05, 4.69) is 5.32 Å². The molecule has 7 heteroatoms. The molecule has 1 fully saturated rings. The zero-order valence-corrected chi connectivity index (χ0v) is 15.4. The molecule has 0 saturated heterocycles. The fourth-order valence-corrected chi connectivity index (χ4v) is 3.04. The second-order valence-electron chi connectivity index (χ2n) is 7.09. The van der Waals surface area contributed by atoms with E-state index in [1.165, 1.54) is 42.7 Å². The van der Waals surface area contributed by atoms with Crippen LogP contribution in [-0.2, 0) is 0 Å². The third-order valence-electron chi connectivity index (χ3n) is 4.76. The van der Waals surface area contributed by atoms with Crippen molar-refractivity contribution < 1.29 is 27.8 Å². The number of ether oxygens (including phenoxy) is 1. The molecule has 0 spiro atoms. The summed E-state index contributed by atoms with van der Waals surface area (Å²) in [5.41, 5.74) is 2.10. The summed E-state index contributed by atoms with van der Waals surface area (Å²) in [5, 5.41) is 11.5. The Hall–Kier alpha value is -2.54. The first-order valence-corrected chi connectivity index (χ1v) is 9.13. The summed E-state index contributed by atoms with van der Waals surface area (Å²) in [4.78, 5) is 11.0. The number of carboxylic acid groups (broad SMARTS) is 1. The van der Waals surface area contributed by atoms with Crippen LogP contribution in [0, 0.1) is 0 Å². The van der Waals surface area contributed by atoms with E-state index in [9.17, 15) is 18.0 Å². The van der Waals surface area contributed by atoms with Gasteiger partial charge in [-0.3, -0.25) is 0 Å². The Bertz CT molecular complexity index is 799. The Morgan fingerprint density at radius 2 is 1.75 bits per heavy atom. The summed E-state index contributed by atoms with van der Waals surface area (Å²) in [6.07, 6.45) is -2.65. The normalized spacial score (nSPS) is 16.4. The fourth-order valence-electron chi connectivity index (χ4n) is 3.04. The molecule has 2 atom stereocenters. The minimum atomic E-state index is -4.32. The smallest absolute Gasteiger partial charge is 0.401 e. The third-order valence-corrected chi connectivity index (χ3v) is 4.76. The zero-order valence-electron chi connectivity index (χ0n) is 15.4. The first-order chi connectivity index (χ1) is 13.2. The molecule has 2 aromatic rings. The van der Waals surface area contributed by atoms with Crippen molar-refractivity contribution in [3.63, 3.8) is 0 Å². The van der Waals surface area contributed by atoms with E-state index in [-0.39, 0.29) is 5.56 Å². The molecular formula is C21H22F3NO3. The van der Waals surface area contributed by atoms with Crippen molar-refractivity contribution in [2.45, 2.75) is 44.0 Å². The van der Waals surface area contributed by atoms with Gasteiger partial charge in [-0.2, -0.15) is 13.2 Å². The van der Waals surface area contributed by atoms with Crippen LogP contribution in [-0.4, -0.2) is 29.8 Å². The second-order valence-corrected chi connectivity index (χ2v) is 7.09. The lowest BCUT2D eigenvalue weighted by Crippen LogP contribution is -2.40. The number of rotatable bonds is 8. The third kappa shape index (κ3) is 5.48. The largest absolute Gasteiger partial charge is 0.484 e. The highest BCUT2D eigenvalue weighted by atomic mass is 19.4. The molecule has 0 aliphatic heterocycles. The fraction of sp³-hybridized carbons (Fsp3) is 0.381. The molecule has 1 saturated carbocycles. The minimum Gasteiger partial charge on any atom is -0.484 e. The Balaban J connectivity index is 1.79. The summed E-state index contributed by atoms with van der Waals surface area (Å²) in [6, 6.07) is 13.0. The Kier molecular flexibility index (Phi) is 5.93. The monoisotopic (exact) mass is 393 g/mol. The minimum absolute atomic E-state index is 0.112. The maximum Gasteiger partial charge on any atom is 0.401 e.